The molecule has 0 radical (unpaired) electrons. The summed E-state index contributed by atoms with van der Waals surface area (Å²) in [4.78, 5) is 29.3. The summed E-state index contributed by atoms with van der Waals surface area (Å²) < 4.78 is 10.5. The first-order valence-corrected chi connectivity index (χ1v) is 10.5. The van der Waals surface area contributed by atoms with Crippen LogP contribution in [0.3, 0.4) is 0 Å². The van der Waals surface area contributed by atoms with E-state index in [9.17, 15) is 9.59 Å². The summed E-state index contributed by atoms with van der Waals surface area (Å²) in [6.07, 6.45) is 0.343. The number of benzene rings is 2. The third kappa shape index (κ3) is 6.38. The maximum Gasteiger partial charge on any atom is 0.412 e. The van der Waals surface area contributed by atoms with Gasteiger partial charge in [0.2, 0.25) is 0 Å². The molecule has 1 saturated heterocycles. The Kier molecular flexibility index (Phi) is 7.05. The maximum atomic E-state index is 13.1. The molecule has 1 fully saturated rings. The van der Waals surface area contributed by atoms with E-state index >= 15 is 0 Å². The molecule has 166 valence electrons. The first-order chi connectivity index (χ1) is 14.7. The molecule has 0 atom stereocenters. The summed E-state index contributed by atoms with van der Waals surface area (Å²) in [5.41, 5.74) is 1.62. The van der Waals surface area contributed by atoms with Crippen molar-refractivity contribution in [2.75, 3.05) is 43.5 Å². The molecule has 1 aliphatic rings. The quantitative estimate of drug-likeness (QED) is 0.786. The van der Waals surface area contributed by atoms with Crippen molar-refractivity contribution in [1.29, 1.82) is 0 Å². The van der Waals surface area contributed by atoms with E-state index in [4.69, 9.17) is 9.47 Å². The number of rotatable bonds is 4. The highest BCUT2D eigenvalue weighted by atomic mass is 16.6. The first kappa shape index (κ1) is 22.5. The van der Waals surface area contributed by atoms with Gasteiger partial charge in [-0.15, -0.1) is 0 Å². The minimum Gasteiger partial charge on any atom is -0.497 e. The molecule has 7 heteroatoms. The summed E-state index contributed by atoms with van der Waals surface area (Å²) in [6.45, 7) is 8.39. The molecule has 0 bridgehead atoms. The van der Waals surface area contributed by atoms with Crippen LogP contribution in [0.1, 0.15) is 37.6 Å². The minimum absolute atomic E-state index is 0.0376. The molecule has 2 aromatic carbocycles. The van der Waals surface area contributed by atoms with Crippen molar-refractivity contribution >= 4 is 23.4 Å². The summed E-state index contributed by atoms with van der Waals surface area (Å²) in [5.74, 6) is 0.791. The van der Waals surface area contributed by atoms with E-state index in [2.05, 4.69) is 10.2 Å². The largest absolute Gasteiger partial charge is 0.497 e. The second-order valence-electron chi connectivity index (χ2n) is 8.54. The Morgan fingerprint density at radius 3 is 2.39 bits per heavy atom. The van der Waals surface area contributed by atoms with Crippen LogP contribution in [0.2, 0.25) is 0 Å². The van der Waals surface area contributed by atoms with E-state index in [1.165, 1.54) is 0 Å². The molecular formula is C24H31N3O4. The molecule has 2 amide bonds. The Balaban J connectivity index is 1.63. The van der Waals surface area contributed by atoms with Crippen molar-refractivity contribution in [3.63, 3.8) is 0 Å². The SMILES string of the molecule is COc1ccc(N2CCCN(C(=O)c3cccc(NC(=O)OC(C)(C)C)c3)CC2)cc1. The summed E-state index contributed by atoms with van der Waals surface area (Å²) in [5, 5.41) is 2.70. The highest BCUT2D eigenvalue weighted by Gasteiger charge is 2.21. The smallest absolute Gasteiger partial charge is 0.412 e. The number of ether oxygens (including phenoxy) is 2. The number of methoxy groups -OCH3 is 1. The van der Waals surface area contributed by atoms with E-state index in [0.29, 0.717) is 24.3 Å². The predicted molar refractivity (Wildman–Crippen MR) is 122 cm³/mol. The normalized spacial score (nSPS) is 14.6. The molecule has 0 saturated carbocycles. The first-order valence-electron chi connectivity index (χ1n) is 10.5. The van der Waals surface area contributed by atoms with E-state index in [-0.39, 0.29) is 5.91 Å². The van der Waals surface area contributed by atoms with Gasteiger partial charge in [-0.05, 0) is 69.7 Å². The van der Waals surface area contributed by atoms with Gasteiger partial charge in [-0.1, -0.05) is 6.07 Å². The average molecular weight is 426 g/mol. The molecule has 1 heterocycles. The van der Waals surface area contributed by atoms with E-state index in [1.54, 1.807) is 52.1 Å². The molecule has 0 spiro atoms. The second kappa shape index (κ2) is 9.73. The lowest BCUT2D eigenvalue weighted by Gasteiger charge is -2.24. The van der Waals surface area contributed by atoms with Crippen molar-refractivity contribution in [3.8, 4) is 5.75 Å². The Bertz CT molecular complexity index is 906. The zero-order valence-electron chi connectivity index (χ0n) is 18.7. The number of anilines is 2. The maximum absolute atomic E-state index is 13.1. The zero-order chi connectivity index (χ0) is 22.4. The highest BCUT2D eigenvalue weighted by Crippen LogP contribution is 2.21. The summed E-state index contributed by atoms with van der Waals surface area (Å²) in [6, 6.07) is 15.0. The lowest BCUT2D eigenvalue weighted by Crippen LogP contribution is -2.35. The zero-order valence-corrected chi connectivity index (χ0v) is 18.7. The van der Waals surface area contributed by atoms with Crippen LogP contribution in [0.25, 0.3) is 0 Å². The molecule has 3 rings (SSSR count). The number of nitrogens with zero attached hydrogens (tertiary/aromatic N) is 2. The van der Waals surface area contributed by atoms with Crippen LogP contribution in [0.4, 0.5) is 16.2 Å². The minimum atomic E-state index is -0.584. The van der Waals surface area contributed by atoms with Crippen LogP contribution in [0.15, 0.2) is 48.5 Å². The van der Waals surface area contributed by atoms with Crippen LogP contribution in [0.5, 0.6) is 5.75 Å². The molecule has 31 heavy (non-hydrogen) atoms. The average Bonchev–Trinajstić information content (AvgIpc) is 2.98. The van der Waals surface area contributed by atoms with E-state index < -0.39 is 11.7 Å². The number of carbonyl (C=O) groups is 2. The Labute approximate surface area is 183 Å². The van der Waals surface area contributed by atoms with Crippen LogP contribution < -0.4 is 15.0 Å². The number of nitrogens with one attached hydrogen (secondary N) is 1. The third-order valence-corrected chi connectivity index (χ3v) is 4.98. The van der Waals surface area contributed by atoms with Crippen molar-refractivity contribution in [2.24, 2.45) is 0 Å². The Morgan fingerprint density at radius 2 is 1.71 bits per heavy atom. The van der Waals surface area contributed by atoms with Crippen LogP contribution in [0, 0.1) is 0 Å². The lowest BCUT2D eigenvalue weighted by molar-refractivity contribution is 0.0635. The van der Waals surface area contributed by atoms with Crippen molar-refractivity contribution < 1.29 is 19.1 Å². The molecule has 0 unspecified atom stereocenters. The second-order valence-corrected chi connectivity index (χ2v) is 8.54. The van der Waals surface area contributed by atoms with E-state index in [0.717, 1.165) is 30.9 Å². The van der Waals surface area contributed by atoms with Crippen molar-refractivity contribution in [3.05, 3.63) is 54.1 Å². The molecule has 0 aromatic heterocycles. The van der Waals surface area contributed by atoms with Crippen molar-refractivity contribution in [2.45, 2.75) is 32.8 Å². The van der Waals surface area contributed by atoms with Gasteiger partial charge in [-0.25, -0.2) is 4.79 Å². The van der Waals surface area contributed by atoms with Gasteiger partial charge < -0.3 is 19.3 Å². The molecule has 1 aliphatic heterocycles. The van der Waals surface area contributed by atoms with Crippen LogP contribution in [-0.2, 0) is 4.74 Å². The topological polar surface area (TPSA) is 71.1 Å². The number of amides is 2. The molecule has 0 aliphatic carbocycles. The van der Waals surface area contributed by atoms with Gasteiger partial charge in [-0.2, -0.15) is 0 Å². The van der Waals surface area contributed by atoms with E-state index in [1.807, 2.05) is 29.2 Å². The highest BCUT2D eigenvalue weighted by molar-refractivity contribution is 5.96. The molecule has 2 aromatic rings. The number of carbonyl (C=O) groups excluding carboxylic acids is 2. The molecular weight excluding hydrogens is 394 g/mol. The fourth-order valence-corrected chi connectivity index (χ4v) is 3.51. The predicted octanol–water partition coefficient (Wildman–Crippen LogP) is 4.39. The van der Waals surface area contributed by atoms with Gasteiger partial charge in [0.05, 0.1) is 7.11 Å². The van der Waals surface area contributed by atoms with Gasteiger partial charge in [0, 0.05) is 43.1 Å². The van der Waals surface area contributed by atoms with Gasteiger partial charge in [0.15, 0.2) is 0 Å². The lowest BCUT2D eigenvalue weighted by atomic mass is 10.1. The molecule has 7 nitrogen and oxygen atoms in total. The monoisotopic (exact) mass is 425 g/mol. The standard InChI is InChI=1S/C24H31N3O4/c1-24(2,3)31-23(29)25-19-8-5-7-18(17-19)22(28)27-14-6-13-26(15-16-27)20-9-11-21(30-4)12-10-20/h5,7-12,17H,6,13-16H2,1-4H3,(H,25,29). The van der Waals surface area contributed by atoms with Crippen LogP contribution >= 0.6 is 0 Å². The van der Waals surface area contributed by atoms with Gasteiger partial charge in [-0.3, -0.25) is 10.1 Å². The fourth-order valence-electron chi connectivity index (χ4n) is 3.51. The number of hydrogen-bond acceptors (Lipinski definition) is 5. The van der Waals surface area contributed by atoms with Crippen LogP contribution in [-0.4, -0.2) is 55.8 Å². The van der Waals surface area contributed by atoms with Gasteiger partial charge in [0.1, 0.15) is 11.4 Å². The third-order valence-electron chi connectivity index (χ3n) is 4.98. The Morgan fingerprint density at radius 1 is 0.968 bits per heavy atom. The summed E-state index contributed by atoms with van der Waals surface area (Å²) in [7, 11) is 1.66. The fraction of sp³-hybridized carbons (Fsp3) is 0.417. The molecule has 1 N–H and O–H groups in total. The van der Waals surface area contributed by atoms with Gasteiger partial charge in [0.25, 0.3) is 5.91 Å². The Hall–Kier alpha value is -3.22. The van der Waals surface area contributed by atoms with Crippen molar-refractivity contribution in [1.82, 2.24) is 4.90 Å². The number of hydrogen-bond donors (Lipinski definition) is 1. The van der Waals surface area contributed by atoms with Gasteiger partial charge >= 0.3 is 6.09 Å². The summed E-state index contributed by atoms with van der Waals surface area (Å²) >= 11 is 0.